The van der Waals surface area contributed by atoms with Crippen molar-refractivity contribution in [3.8, 4) is 0 Å². The van der Waals surface area contributed by atoms with Crippen LogP contribution in [0.4, 0.5) is 0 Å². The monoisotopic (exact) mass is 538 g/mol. The Hall–Kier alpha value is -1.56. The maximum absolute atomic E-state index is 13.0. The molecule has 2 saturated heterocycles. The van der Waals surface area contributed by atoms with Crippen molar-refractivity contribution >= 4 is 44.0 Å². The molecule has 2 fully saturated rings. The largest absolute Gasteiger partial charge is 0.462 e. The molecule has 0 amide bonds. The molecule has 2 aromatic rings. The zero-order chi connectivity index (χ0) is 26.0. The Morgan fingerprint density at radius 2 is 1.11 bits per heavy atom. The number of hydrogen-bond donors (Lipinski definition) is 0. The summed E-state index contributed by atoms with van der Waals surface area (Å²) in [6.07, 6.45) is 0.453. The van der Waals surface area contributed by atoms with Crippen LogP contribution in [0.2, 0.25) is 0 Å². The first-order valence-corrected chi connectivity index (χ1v) is 14.5. The van der Waals surface area contributed by atoms with Gasteiger partial charge in [0.2, 0.25) is 0 Å². The van der Waals surface area contributed by atoms with E-state index in [0.29, 0.717) is 36.1 Å². The Labute approximate surface area is 221 Å². The van der Waals surface area contributed by atoms with E-state index in [1.165, 1.54) is 22.7 Å². The van der Waals surface area contributed by atoms with Crippen LogP contribution < -0.4 is 0 Å². The molecule has 0 N–H and O–H groups in total. The lowest BCUT2D eigenvalue weighted by molar-refractivity contribution is -0.0705. The van der Waals surface area contributed by atoms with E-state index in [4.69, 9.17) is 18.9 Å². The topological polar surface area (TPSA) is 77.5 Å². The summed E-state index contributed by atoms with van der Waals surface area (Å²) >= 11 is 2.86. The van der Waals surface area contributed by atoms with Crippen molar-refractivity contribution in [2.24, 2.45) is 0 Å². The number of ether oxygens (including phenoxy) is 4. The lowest BCUT2D eigenvalue weighted by Gasteiger charge is -2.36. The number of carbonyl (C=O) groups excluding carboxylic acids is 2. The fourth-order valence-electron chi connectivity index (χ4n) is 5.39. The van der Waals surface area contributed by atoms with Gasteiger partial charge in [0.15, 0.2) is 0 Å². The molecule has 2 aliphatic heterocycles. The maximum atomic E-state index is 13.0. The normalized spacial score (nSPS) is 25.8. The standard InChI is InChI=1S/C26H38N2O6S2/c1-7-31-24(29)22-19(13-27-9-15(3)33-16(4)10-27)21-20(14-28-11-17(5)34-18(6)12-28)23(25(30)32-8-2)36-26(21)35-22/h15-18H,7-14H2,1-6H3/t15-,16-,17-,18-/m0/s1. The fourth-order valence-corrected chi connectivity index (χ4v) is 7.98. The number of morpholine rings is 2. The number of hydrogen-bond acceptors (Lipinski definition) is 10. The lowest BCUT2D eigenvalue weighted by atomic mass is 10.0. The van der Waals surface area contributed by atoms with Crippen molar-refractivity contribution in [3.63, 3.8) is 0 Å². The Kier molecular flexibility index (Phi) is 9.06. The molecule has 0 aromatic carbocycles. The van der Waals surface area contributed by atoms with E-state index in [2.05, 4.69) is 37.5 Å². The van der Waals surface area contributed by atoms with Gasteiger partial charge in [0, 0.05) is 55.8 Å². The number of rotatable bonds is 8. The molecule has 2 aromatic heterocycles. The van der Waals surface area contributed by atoms with E-state index in [1.54, 1.807) is 0 Å². The van der Waals surface area contributed by atoms with Gasteiger partial charge in [-0.05, 0) is 41.5 Å². The van der Waals surface area contributed by atoms with Crippen LogP contribution in [0.15, 0.2) is 0 Å². The van der Waals surface area contributed by atoms with Crippen LogP contribution in [0.3, 0.4) is 0 Å². The third-order valence-corrected chi connectivity index (χ3v) is 8.93. The van der Waals surface area contributed by atoms with Gasteiger partial charge in [-0.15, -0.1) is 22.7 Å². The van der Waals surface area contributed by atoms with Gasteiger partial charge in [-0.25, -0.2) is 9.59 Å². The highest BCUT2D eigenvalue weighted by Crippen LogP contribution is 2.43. The number of esters is 2. The summed E-state index contributed by atoms with van der Waals surface area (Å²) < 4.78 is 23.7. The summed E-state index contributed by atoms with van der Waals surface area (Å²) in [7, 11) is 0. The van der Waals surface area contributed by atoms with Crippen molar-refractivity contribution < 1.29 is 28.5 Å². The molecule has 0 unspecified atom stereocenters. The molecule has 0 saturated carbocycles. The summed E-state index contributed by atoms with van der Waals surface area (Å²) in [6.45, 7) is 16.9. The molecule has 10 heteroatoms. The second kappa shape index (κ2) is 11.9. The smallest absolute Gasteiger partial charge is 0.348 e. The summed E-state index contributed by atoms with van der Waals surface area (Å²) in [5, 5.41) is 1.01. The highest BCUT2D eigenvalue weighted by molar-refractivity contribution is 7.40. The average molecular weight is 539 g/mol. The summed E-state index contributed by atoms with van der Waals surface area (Å²) in [6, 6.07) is 0. The summed E-state index contributed by atoms with van der Waals surface area (Å²) in [5.41, 5.74) is 1.90. The minimum absolute atomic E-state index is 0.113. The van der Waals surface area contributed by atoms with Crippen LogP contribution in [0.5, 0.6) is 0 Å². The van der Waals surface area contributed by atoms with Crippen molar-refractivity contribution in [2.45, 2.75) is 79.0 Å². The molecule has 2 aliphatic rings. The Morgan fingerprint density at radius 1 is 0.750 bits per heavy atom. The minimum Gasteiger partial charge on any atom is -0.462 e. The van der Waals surface area contributed by atoms with Gasteiger partial charge in [0.05, 0.1) is 41.6 Å². The molecule has 36 heavy (non-hydrogen) atoms. The van der Waals surface area contributed by atoms with Crippen LogP contribution in [-0.4, -0.2) is 85.5 Å². The second-order valence-corrected chi connectivity index (χ2v) is 12.1. The molecule has 200 valence electrons. The molecule has 4 heterocycles. The number of thiophene rings is 2. The van der Waals surface area contributed by atoms with Gasteiger partial charge in [-0.2, -0.15) is 0 Å². The molecule has 0 bridgehead atoms. The molecule has 4 atom stereocenters. The van der Waals surface area contributed by atoms with Crippen LogP contribution >= 0.6 is 22.7 Å². The maximum Gasteiger partial charge on any atom is 0.348 e. The fraction of sp³-hybridized carbons (Fsp3) is 0.692. The van der Waals surface area contributed by atoms with Crippen molar-refractivity contribution in [1.82, 2.24) is 9.80 Å². The number of carbonyl (C=O) groups is 2. The summed E-state index contributed by atoms with van der Waals surface area (Å²) in [5.74, 6) is -0.597. The van der Waals surface area contributed by atoms with Gasteiger partial charge in [-0.1, -0.05) is 0 Å². The first kappa shape index (κ1) is 27.5. The second-order valence-electron chi connectivity index (χ2n) is 9.83. The Morgan fingerprint density at radius 3 is 1.44 bits per heavy atom. The Bertz CT molecular complexity index is 983. The number of nitrogens with zero attached hydrogens (tertiary/aromatic N) is 2. The van der Waals surface area contributed by atoms with Crippen LogP contribution in [-0.2, 0) is 32.0 Å². The molecule has 0 spiro atoms. The van der Waals surface area contributed by atoms with E-state index < -0.39 is 0 Å². The first-order valence-electron chi connectivity index (χ1n) is 12.9. The van der Waals surface area contributed by atoms with Gasteiger partial charge in [0.1, 0.15) is 9.75 Å². The van der Waals surface area contributed by atoms with Crippen LogP contribution in [0.25, 0.3) is 9.40 Å². The summed E-state index contributed by atoms with van der Waals surface area (Å²) in [4.78, 5) is 32.0. The zero-order valence-corrected chi connectivity index (χ0v) is 23.8. The van der Waals surface area contributed by atoms with E-state index in [9.17, 15) is 9.59 Å². The first-order chi connectivity index (χ1) is 17.2. The van der Waals surface area contributed by atoms with Gasteiger partial charge < -0.3 is 18.9 Å². The van der Waals surface area contributed by atoms with E-state index >= 15 is 0 Å². The molecule has 0 radical (unpaired) electrons. The third kappa shape index (κ3) is 6.11. The quantitative estimate of drug-likeness (QED) is 0.454. The predicted molar refractivity (Wildman–Crippen MR) is 142 cm³/mol. The molecular weight excluding hydrogens is 500 g/mol. The lowest BCUT2D eigenvalue weighted by Crippen LogP contribution is -2.45. The van der Waals surface area contributed by atoms with Crippen LogP contribution in [0.1, 0.15) is 72.0 Å². The van der Waals surface area contributed by atoms with E-state index in [1.807, 2.05) is 13.8 Å². The predicted octanol–water partition coefficient (Wildman–Crippen LogP) is 4.53. The molecule has 8 nitrogen and oxygen atoms in total. The SMILES string of the molecule is CCOC(=O)c1sc2sc(C(=O)OCC)c(CN3C[C@H](C)O[C@@H](C)C3)c2c1CN1C[C@H](C)O[C@@H](C)C1. The minimum atomic E-state index is -0.299. The van der Waals surface area contributed by atoms with Gasteiger partial charge in [0.25, 0.3) is 0 Å². The Balaban J connectivity index is 1.80. The highest BCUT2D eigenvalue weighted by atomic mass is 32.2. The average Bonchev–Trinajstić information content (AvgIpc) is 3.30. The van der Waals surface area contributed by atoms with E-state index in [-0.39, 0.29) is 36.4 Å². The zero-order valence-electron chi connectivity index (χ0n) is 22.1. The molecule has 4 rings (SSSR count). The van der Waals surface area contributed by atoms with E-state index in [0.717, 1.165) is 46.7 Å². The third-order valence-electron chi connectivity index (χ3n) is 6.42. The van der Waals surface area contributed by atoms with Crippen LogP contribution in [0, 0.1) is 0 Å². The highest BCUT2D eigenvalue weighted by Gasteiger charge is 2.32. The van der Waals surface area contributed by atoms with Gasteiger partial charge in [-0.3, -0.25) is 9.80 Å². The van der Waals surface area contributed by atoms with Crippen molar-refractivity contribution in [3.05, 3.63) is 20.9 Å². The van der Waals surface area contributed by atoms with Crippen molar-refractivity contribution in [1.29, 1.82) is 0 Å². The molecule has 0 aliphatic carbocycles. The molecular formula is C26H38N2O6S2. The van der Waals surface area contributed by atoms with Crippen molar-refractivity contribution in [2.75, 3.05) is 39.4 Å². The van der Waals surface area contributed by atoms with Gasteiger partial charge >= 0.3 is 11.9 Å². The number of fused-ring (bicyclic) bond motifs is 1.